The van der Waals surface area contributed by atoms with E-state index in [1.807, 2.05) is 60.7 Å². The van der Waals surface area contributed by atoms with Crippen LogP contribution in [-0.2, 0) is 19.9 Å². The number of amides is 2. The van der Waals surface area contributed by atoms with E-state index in [1.165, 1.54) is 11.3 Å². The van der Waals surface area contributed by atoms with Crippen LogP contribution in [-0.4, -0.2) is 18.3 Å². The molecule has 2 aromatic carbocycles. The second-order valence-corrected chi connectivity index (χ2v) is 7.37. The molecule has 3 rings (SSSR count). The van der Waals surface area contributed by atoms with Crippen LogP contribution in [0, 0.1) is 0 Å². The van der Waals surface area contributed by atoms with Crippen molar-refractivity contribution in [2.45, 2.75) is 18.1 Å². The first-order chi connectivity index (χ1) is 14.0. The predicted molar refractivity (Wildman–Crippen MR) is 110 cm³/mol. The normalized spacial score (nSPS) is 12.7. The topological polar surface area (TPSA) is 98.5 Å². The molecule has 7 heteroatoms. The zero-order valence-corrected chi connectivity index (χ0v) is 16.3. The number of nitrogens with one attached hydrogen (secondary N) is 1. The van der Waals surface area contributed by atoms with Gasteiger partial charge in [0.2, 0.25) is 0 Å². The van der Waals surface area contributed by atoms with Crippen LogP contribution in [0.4, 0.5) is 4.79 Å². The summed E-state index contributed by atoms with van der Waals surface area (Å²) in [4.78, 5) is 36.9. The molecule has 1 atom stereocenters. The van der Waals surface area contributed by atoms with Crippen LogP contribution in [0.15, 0.2) is 78.2 Å². The van der Waals surface area contributed by atoms with Crippen molar-refractivity contribution in [3.05, 3.63) is 94.2 Å². The first-order valence-electron chi connectivity index (χ1n) is 8.91. The Labute approximate surface area is 172 Å². The molecule has 29 heavy (non-hydrogen) atoms. The van der Waals surface area contributed by atoms with Crippen molar-refractivity contribution in [2.24, 2.45) is 5.73 Å². The Balaban J connectivity index is 1.89. The number of primary amides is 1. The van der Waals surface area contributed by atoms with Crippen molar-refractivity contribution in [2.75, 3.05) is 0 Å². The number of hydrogen-bond donors (Lipinski definition) is 2. The maximum atomic E-state index is 12.9. The van der Waals surface area contributed by atoms with E-state index >= 15 is 0 Å². The number of benzene rings is 2. The third-order valence-electron chi connectivity index (χ3n) is 4.39. The van der Waals surface area contributed by atoms with Gasteiger partial charge >= 0.3 is 12.0 Å². The molecular formula is C22H20N2O4S. The van der Waals surface area contributed by atoms with Crippen molar-refractivity contribution in [1.29, 1.82) is 0 Å². The second-order valence-electron chi connectivity index (χ2n) is 6.42. The van der Waals surface area contributed by atoms with E-state index in [-0.39, 0.29) is 6.42 Å². The first-order valence-corrected chi connectivity index (χ1v) is 9.79. The Morgan fingerprint density at radius 1 is 1.00 bits per heavy atom. The molecule has 3 aromatic rings. The van der Waals surface area contributed by atoms with Crippen LogP contribution in [0.2, 0.25) is 0 Å². The van der Waals surface area contributed by atoms with Crippen LogP contribution in [0.5, 0.6) is 0 Å². The van der Waals surface area contributed by atoms with E-state index in [2.05, 4.69) is 5.32 Å². The molecule has 1 aromatic heterocycles. The number of aldehydes is 1. The van der Waals surface area contributed by atoms with Gasteiger partial charge in [-0.1, -0.05) is 66.7 Å². The summed E-state index contributed by atoms with van der Waals surface area (Å²) in [5.74, 6) is -0.642. The summed E-state index contributed by atoms with van der Waals surface area (Å²) in [7, 11) is 0. The molecule has 1 heterocycles. The van der Waals surface area contributed by atoms with Gasteiger partial charge in [-0.2, -0.15) is 0 Å². The SMILES string of the molecule is NC(=O)NC(C=O)(CC(=O)OC(c1ccccc1)c1ccccc1)c1cccs1. The molecule has 0 aliphatic carbocycles. The number of carbonyl (C=O) groups is 3. The van der Waals surface area contributed by atoms with Gasteiger partial charge in [0.25, 0.3) is 0 Å². The lowest BCUT2D eigenvalue weighted by molar-refractivity contribution is -0.150. The van der Waals surface area contributed by atoms with E-state index in [9.17, 15) is 14.4 Å². The number of carbonyl (C=O) groups excluding carboxylic acids is 3. The number of nitrogens with two attached hydrogens (primary N) is 1. The van der Waals surface area contributed by atoms with E-state index in [0.717, 1.165) is 11.1 Å². The van der Waals surface area contributed by atoms with E-state index in [1.54, 1.807) is 17.5 Å². The lowest BCUT2D eigenvalue weighted by Crippen LogP contribution is -2.50. The Hall–Kier alpha value is -3.45. The summed E-state index contributed by atoms with van der Waals surface area (Å²) in [5, 5.41) is 4.16. The van der Waals surface area contributed by atoms with Gasteiger partial charge in [0, 0.05) is 4.88 Å². The monoisotopic (exact) mass is 408 g/mol. The van der Waals surface area contributed by atoms with Crippen LogP contribution in [0.3, 0.4) is 0 Å². The molecule has 1 unspecified atom stereocenters. The Morgan fingerprint density at radius 2 is 1.59 bits per heavy atom. The highest BCUT2D eigenvalue weighted by Crippen LogP contribution is 2.31. The van der Waals surface area contributed by atoms with Crippen molar-refractivity contribution in [3.8, 4) is 0 Å². The summed E-state index contributed by atoms with van der Waals surface area (Å²) in [5.41, 5.74) is 5.28. The van der Waals surface area contributed by atoms with E-state index in [4.69, 9.17) is 10.5 Å². The third kappa shape index (κ3) is 4.89. The minimum absolute atomic E-state index is 0.379. The highest BCUT2D eigenvalue weighted by molar-refractivity contribution is 7.10. The van der Waals surface area contributed by atoms with Crippen molar-refractivity contribution < 1.29 is 19.1 Å². The molecule has 148 valence electrons. The van der Waals surface area contributed by atoms with Gasteiger partial charge in [-0.05, 0) is 22.6 Å². The molecule has 0 bridgehead atoms. The van der Waals surface area contributed by atoms with E-state index in [0.29, 0.717) is 11.2 Å². The zero-order chi connectivity index (χ0) is 20.7. The first kappa shape index (κ1) is 20.3. The fourth-order valence-electron chi connectivity index (χ4n) is 3.06. The molecule has 6 nitrogen and oxygen atoms in total. The van der Waals surface area contributed by atoms with Gasteiger partial charge in [-0.25, -0.2) is 4.79 Å². The van der Waals surface area contributed by atoms with E-state index < -0.39 is 23.6 Å². The molecule has 3 N–H and O–H groups in total. The molecule has 0 saturated carbocycles. The number of ether oxygens (including phenoxy) is 1. The lowest BCUT2D eigenvalue weighted by Gasteiger charge is -2.28. The maximum Gasteiger partial charge on any atom is 0.313 e. The molecule has 0 aliphatic rings. The Morgan fingerprint density at radius 3 is 2.03 bits per heavy atom. The van der Waals surface area contributed by atoms with Gasteiger partial charge in [0.05, 0.1) is 6.42 Å². The third-order valence-corrected chi connectivity index (χ3v) is 5.43. The van der Waals surface area contributed by atoms with Gasteiger partial charge in [0.1, 0.15) is 5.54 Å². The van der Waals surface area contributed by atoms with Crippen molar-refractivity contribution in [1.82, 2.24) is 5.32 Å². The summed E-state index contributed by atoms with van der Waals surface area (Å²) >= 11 is 1.24. The smallest absolute Gasteiger partial charge is 0.313 e. The largest absolute Gasteiger partial charge is 0.452 e. The predicted octanol–water partition coefficient (Wildman–Crippen LogP) is 3.53. The van der Waals surface area contributed by atoms with Gasteiger partial charge in [0.15, 0.2) is 12.4 Å². The number of urea groups is 1. The zero-order valence-electron chi connectivity index (χ0n) is 15.5. The number of thiophene rings is 1. The molecule has 0 radical (unpaired) electrons. The second kappa shape index (κ2) is 9.16. The number of rotatable bonds is 8. The highest BCUT2D eigenvalue weighted by atomic mass is 32.1. The molecule has 2 amide bonds. The summed E-state index contributed by atoms with van der Waals surface area (Å²) < 4.78 is 5.77. The molecule has 0 aliphatic heterocycles. The Kier molecular flexibility index (Phi) is 6.41. The van der Waals surface area contributed by atoms with Crippen LogP contribution < -0.4 is 11.1 Å². The van der Waals surface area contributed by atoms with Crippen LogP contribution >= 0.6 is 11.3 Å². The molecule has 0 spiro atoms. The lowest BCUT2D eigenvalue weighted by atomic mass is 9.94. The summed E-state index contributed by atoms with van der Waals surface area (Å²) in [6.45, 7) is 0. The summed E-state index contributed by atoms with van der Waals surface area (Å²) in [6.07, 6.45) is -0.507. The van der Waals surface area contributed by atoms with Crippen molar-refractivity contribution in [3.63, 3.8) is 0 Å². The number of esters is 1. The Bertz CT molecular complexity index is 922. The quantitative estimate of drug-likeness (QED) is 0.440. The molecular weight excluding hydrogens is 388 g/mol. The highest BCUT2D eigenvalue weighted by Gasteiger charge is 2.38. The standard InChI is InChI=1S/C22H20N2O4S/c23-21(27)24-22(15-25,18-12-7-13-29-18)14-19(26)28-20(16-8-3-1-4-9-16)17-10-5-2-6-11-17/h1-13,15,20H,14H2,(H3,23,24,27). The average Bonchev–Trinajstić information content (AvgIpc) is 3.28. The fraction of sp³-hybridized carbons (Fsp3) is 0.136. The molecule has 0 fully saturated rings. The van der Waals surface area contributed by atoms with Gasteiger partial charge in [-0.3, -0.25) is 4.79 Å². The minimum Gasteiger partial charge on any atom is -0.452 e. The average molecular weight is 408 g/mol. The van der Waals surface area contributed by atoms with Crippen LogP contribution in [0.25, 0.3) is 0 Å². The summed E-state index contributed by atoms with van der Waals surface area (Å²) in [6, 6.07) is 21.1. The fourth-order valence-corrected chi connectivity index (χ4v) is 3.90. The number of hydrogen-bond acceptors (Lipinski definition) is 5. The van der Waals surface area contributed by atoms with Crippen LogP contribution in [0.1, 0.15) is 28.5 Å². The van der Waals surface area contributed by atoms with Gasteiger partial charge in [-0.15, -0.1) is 11.3 Å². The minimum atomic E-state index is -1.57. The van der Waals surface area contributed by atoms with Crippen molar-refractivity contribution >= 4 is 29.6 Å². The van der Waals surface area contributed by atoms with Gasteiger partial charge < -0.3 is 20.6 Å². The maximum absolute atomic E-state index is 12.9. The molecule has 0 saturated heterocycles.